The van der Waals surface area contributed by atoms with Crippen molar-refractivity contribution in [2.45, 2.75) is 153 Å². The van der Waals surface area contributed by atoms with Crippen molar-refractivity contribution < 1.29 is 94.7 Å². The van der Waals surface area contributed by atoms with E-state index in [1.807, 2.05) is 55.4 Å². The molecule has 0 spiro atoms. The van der Waals surface area contributed by atoms with Crippen molar-refractivity contribution >= 4 is 0 Å². The molecule has 0 aromatic heterocycles. The first-order valence-electron chi connectivity index (χ1n) is 35.5. The van der Waals surface area contributed by atoms with Gasteiger partial charge in [0, 0.05) is 101 Å². The lowest BCUT2D eigenvalue weighted by Gasteiger charge is -2.23. The number of rotatable bonds is 72. The number of hydrogen-bond acceptors (Lipinski definition) is 36. The van der Waals surface area contributed by atoms with Gasteiger partial charge in [-0.15, -0.1) is 0 Å². The Kier molecular flexibility index (Phi) is 84.0. The van der Waals surface area contributed by atoms with E-state index in [0.717, 1.165) is 0 Å². The SMILES string of the molecule is CC(N)COCC(COCC(COCC(C)N)OCC(C)N)OCC(C)N.CC(N)COCC(COCC(COCC(C)N)OCC(C)N)OCC(C)N.NCCOCC(COCC(COCCN)OCCN)OCCN.NCCOCC(COCC(COCCN)OCCN)OCCN. The van der Waals surface area contributed by atoms with Gasteiger partial charge in [0.25, 0.3) is 0 Å². The first-order chi connectivity index (χ1) is 48.0. The molecule has 16 atom stereocenters. The van der Waals surface area contributed by atoms with Gasteiger partial charge in [0.1, 0.15) is 48.8 Å². The average Bonchev–Trinajstić information content (AvgIpc) is 2.04. The monoisotopic (exact) mass is 1470 g/mol. The van der Waals surface area contributed by atoms with E-state index in [4.69, 9.17) is 186 Å². The lowest BCUT2D eigenvalue weighted by molar-refractivity contribution is -0.0976. The van der Waals surface area contributed by atoms with Crippen LogP contribution in [0.3, 0.4) is 0 Å². The molecule has 16 unspecified atom stereocenters. The van der Waals surface area contributed by atoms with Crippen LogP contribution < -0.4 is 91.7 Å². The van der Waals surface area contributed by atoms with Gasteiger partial charge in [-0.3, -0.25) is 0 Å². The average molecular weight is 1470 g/mol. The van der Waals surface area contributed by atoms with Crippen LogP contribution in [0.1, 0.15) is 55.4 Å². The summed E-state index contributed by atoms with van der Waals surface area (Å²) in [6, 6.07) is -0.360. The molecule has 0 fully saturated rings. The second-order valence-corrected chi connectivity index (χ2v) is 24.5. The number of hydrogen-bond donors (Lipinski definition) is 16. The Balaban J connectivity index is -0.000000616. The van der Waals surface area contributed by atoms with Crippen molar-refractivity contribution in [2.75, 3.05) is 264 Å². The van der Waals surface area contributed by atoms with Crippen LogP contribution >= 0.6 is 0 Å². The maximum atomic E-state index is 5.78. The summed E-state index contributed by atoms with van der Waals surface area (Å²) in [7, 11) is 0. The second kappa shape index (κ2) is 80.1. The van der Waals surface area contributed by atoms with Crippen LogP contribution in [0.15, 0.2) is 0 Å². The van der Waals surface area contributed by atoms with E-state index in [-0.39, 0.29) is 97.2 Å². The van der Waals surface area contributed by atoms with Gasteiger partial charge >= 0.3 is 0 Å². The molecular weight excluding hydrogens is 1310 g/mol. The van der Waals surface area contributed by atoms with E-state index in [0.29, 0.717) is 264 Å². The van der Waals surface area contributed by atoms with Crippen LogP contribution in [-0.2, 0) is 94.7 Å². The maximum absolute atomic E-state index is 5.78. The molecule has 0 saturated heterocycles. The maximum Gasteiger partial charge on any atom is 0.104 e. The Morgan fingerprint density at radius 2 is 0.270 bits per heavy atom. The van der Waals surface area contributed by atoms with Crippen molar-refractivity contribution in [1.82, 2.24) is 0 Å². The van der Waals surface area contributed by atoms with Gasteiger partial charge < -0.3 is 186 Å². The van der Waals surface area contributed by atoms with Crippen LogP contribution in [0.4, 0.5) is 0 Å². The van der Waals surface area contributed by atoms with Crippen LogP contribution in [-0.4, -0.2) is 361 Å². The highest BCUT2D eigenvalue weighted by Crippen LogP contribution is 2.06. The predicted octanol–water partition coefficient (Wildman–Crippen LogP) is -6.33. The van der Waals surface area contributed by atoms with E-state index in [1.165, 1.54) is 0 Å². The van der Waals surface area contributed by atoms with E-state index < -0.39 is 0 Å². The Labute approximate surface area is 600 Å². The summed E-state index contributed by atoms with van der Waals surface area (Å²) in [4.78, 5) is 0. The molecular formula is C64H152N16O20. The Bertz CT molecular complexity index is 1360. The summed E-state index contributed by atoms with van der Waals surface area (Å²) in [6.07, 6.45) is -1.67. The molecule has 0 heterocycles. The molecule has 100 heavy (non-hydrogen) atoms. The minimum atomic E-state index is -0.228. The zero-order valence-corrected chi connectivity index (χ0v) is 62.9. The van der Waals surface area contributed by atoms with Crippen molar-refractivity contribution in [3.05, 3.63) is 0 Å². The Morgan fingerprint density at radius 3 is 0.400 bits per heavy atom. The first-order valence-corrected chi connectivity index (χ1v) is 35.5. The van der Waals surface area contributed by atoms with E-state index in [1.54, 1.807) is 0 Å². The lowest BCUT2D eigenvalue weighted by atomic mass is 10.3. The summed E-state index contributed by atoms with van der Waals surface area (Å²) < 4.78 is 112. The largest absolute Gasteiger partial charge is 0.377 e. The first kappa shape index (κ1) is 105. The third kappa shape index (κ3) is 83.8. The zero-order valence-electron chi connectivity index (χ0n) is 62.9. The van der Waals surface area contributed by atoms with Gasteiger partial charge in [0.15, 0.2) is 0 Å². The van der Waals surface area contributed by atoms with Crippen LogP contribution in [0, 0.1) is 0 Å². The predicted molar refractivity (Wildman–Crippen MR) is 389 cm³/mol. The molecule has 36 heteroatoms. The molecule has 0 aromatic rings. The summed E-state index contributed by atoms with van der Waals surface area (Å²) in [5.74, 6) is 0. The highest BCUT2D eigenvalue weighted by Gasteiger charge is 2.20. The standard InChI is InChI=1S/2C18H42N4O5.2C14H34N4O5/c2*1-13(19)5-23-9-17(26-7-15(3)21)11-25-12-18(27-8-16(4)22)10-24-6-14(2)20;2*15-1-5-19-9-13(22-7-3-17)11-21-12-14(23-8-4-18)10-20-6-2-16/h2*13-18H,5-12,19-22H2,1-4H3;2*13-14H,1-12,15-18H2. The molecule has 0 bridgehead atoms. The van der Waals surface area contributed by atoms with Crippen molar-refractivity contribution in [2.24, 2.45) is 91.7 Å². The Hall–Kier alpha value is -1.44. The fourth-order valence-corrected chi connectivity index (χ4v) is 7.30. The third-order valence-corrected chi connectivity index (χ3v) is 11.7. The topological polar surface area (TPSA) is 601 Å². The van der Waals surface area contributed by atoms with E-state index >= 15 is 0 Å². The van der Waals surface area contributed by atoms with Gasteiger partial charge in [-0.25, -0.2) is 0 Å². The number of ether oxygens (including phenoxy) is 20. The molecule has 0 amide bonds. The lowest BCUT2D eigenvalue weighted by Crippen LogP contribution is -2.36. The molecule has 0 aromatic carbocycles. The smallest absolute Gasteiger partial charge is 0.104 e. The van der Waals surface area contributed by atoms with Crippen molar-refractivity contribution in [1.29, 1.82) is 0 Å². The third-order valence-electron chi connectivity index (χ3n) is 11.7. The van der Waals surface area contributed by atoms with Crippen LogP contribution in [0.2, 0.25) is 0 Å². The van der Waals surface area contributed by atoms with Gasteiger partial charge in [-0.2, -0.15) is 0 Å². The number of nitrogens with two attached hydrogens (primary N) is 16. The van der Waals surface area contributed by atoms with Crippen LogP contribution in [0.25, 0.3) is 0 Å². The fraction of sp³-hybridized carbons (Fsp3) is 1.00. The molecule has 32 N–H and O–H groups in total. The summed E-state index contributed by atoms with van der Waals surface area (Å²) >= 11 is 0. The van der Waals surface area contributed by atoms with Gasteiger partial charge in [0.2, 0.25) is 0 Å². The Morgan fingerprint density at radius 1 is 0.150 bits per heavy atom. The minimum absolute atomic E-state index is 0.0295. The summed E-state index contributed by atoms with van der Waals surface area (Å²) in [5.41, 5.74) is 89.2. The normalized spacial score (nSPS) is 16.6. The summed E-state index contributed by atoms with van der Waals surface area (Å²) in [6.45, 7) is 32.2. The van der Waals surface area contributed by atoms with Gasteiger partial charge in [-0.05, 0) is 55.4 Å². The molecule has 0 aliphatic rings. The zero-order chi connectivity index (χ0) is 75.7. The van der Waals surface area contributed by atoms with E-state index in [9.17, 15) is 0 Å². The fourth-order valence-electron chi connectivity index (χ4n) is 7.30. The quantitative estimate of drug-likeness (QED) is 0.0252. The van der Waals surface area contributed by atoms with E-state index in [2.05, 4.69) is 0 Å². The molecule has 0 radical (unpaired) electrons. The molecule has 608 valence electrons. The highest BCUT2D eigenvalue weighted by atomic mass is 16.6. The van der Waals surface area contributed by atoms with Crippen molar-refractivity contribution in [3.63, 3.8) is 0 Å². The molecule has 0 aliphatic heterocycles. The molecule has 0 saturated carbocycles. The van der Waals surface area contributed by atoms with Gasteiger partial charge in [0.05, 0.1) is 211 Å². The molecule has 36 nitrogen and oxygen atoms in total. The molecule has 0 aliphatic carbocycles. The molecule has 0 rings (SSSR count). The van der Waals surface area contributed by atoms with Crippen molar-refractivity contribution in [3.8, 4) is 0 Å². The second-order valence-electron chi connectivity index (χ2n) is 24.5. The van der Waals surface area contributed by atoms with Gasteiger partial charge in [-0.1, -0.05) is 0 Å². The summed E-state index contributed by atoms with van der Waals surface area (Å²) in [5, 5.41) is 0. The minimum Gasteiger partial charge on any atom is -0.377 e. The van der Waals surface area contributed by atoms with Crippen LogP contribution in [0.5, 0.6) is 0 Å². The highest BCUT2D eigenvalue weighted by molar-refractivity contribution is 4.68.